The van der Waals surface area contributed by atoms with E-state index in [-0.39, 0.29) is 0 Å². The minimum absolute atomic E-state index is 0.470. The minimum atomic E-state index is -0.811. The number of aryl methyl sites for hydroxylation is 1. The molecule has 2 rings (SSSR count). The molecule has 1 heterocycles. The first kappa shape index (κ1) is 12.1. The maximum atomic E-state index is 11.2. The zero-order valence-corrected chi connectivity index (χ0v) is 11.1. The molecule has 0 aliphatic heterocycles. The Bertz CT molecular complexity index is 567. The highest BCUT2D eigenvalue weighted by Crippen LogP contribution is 2.33. The first-order chi connectivity index (χ1) is 8.04. The summed E-state index contributed by atoms with van der Waals surface area (Å²) >= 11 is 1.38. The van der Waals surface area contributed by atoms with Crippen molar-refractivity contribution in [3.8, 4) is 0 Å². The van der Waals surface area contributed by atoms with E-state index in [2.05, 4.69) is 26.0 Å². The van der Waals surface area contributed by atoms with E-state index in [0.29, 0.717) is 10.8 Å². The zero-order valence-electron chi connectivity index (χ0n) is 10.3. The second-order valence-electron chi connectivity index (χ2n) is 4.48. The molecule has 0 saturated heterocycles. The van der Waals surface area contributed by atoms with Gasteiger partial charge in [0, 0.05) is 4.70 Å². The van der Waals surface area contributed by atoms with Crippen LogP contribution in [0.15, 0.2) is 18.2 Å². The Morgan fingerprint density at radius 1 is 1.41 bits per heavy atom. The second kappa shape index (κ2) is 4.49. The van der Waals surface area contributed by atoms with Crippen LogP contribution in [0.1, 0.15) is 47.5 Å². The number of aromatic carboxylic acids is 1. The molecule has 3 heteroatoms. The first-order valence-corrected chi connectivity index (χ1v) is 6.64. The molecule has 0 aliphatic rings. The molecule has 0 spiro atoms. The van der Waals surface area contributed by atoms with Crippen molar-refractivity contribution < 1.29 is 9.90 Å². The molecule has 0 unspecified atom stereocenters. The van der Waals surface area contributed by atoms with Crippen LogP contribution in [0.2, 0.25) is 0 Å². The number of fused-ring (bicyclic) bond motifs is 1. The second-order valence-corrected chi connectivity index (χ2v) is 5.53. The largest absolute Gasteiger partial charge is 0.477 e. The third kappa shape index (κ3) is 2.07. The first-order valence-electron chi connectivity index (χ1n) is 5.83. The van der Waals surface area contributed by atoms with Gasteiger partial charge in [0.15, 0.2) is 0 Å². The molecule has 0 bridgehead atoms. The SMILES string of the molecule is CCc1c(C(=O)O)sc2ccc(C(C)C)cc12. The van der Waals surface area contributed by atoms with Gasteiger partial charge in [0.25, 0.3) is 0 Å². The van der Waals surface area contributed by atoms with E-state index in [0.717, 1.165) is 22.1 Å². The molecule has 0 radical (unpaired) electrons. The summed E-state index contributed by atoms with van der Waals surface area (Å²) in [6.07, 6.45) is 0.767. The van der Waals surface area contributed by atoms with E-state index in [1.807, 2.05) is 13.0 Å². The molecule has 0 atom stereocenters. The predicted octanol–water partition coefficient (Wildman–Crippen LogP) is 4.29. The van der Waals surface area contributed by atoms with Gasteiger partial charge in [-0.3, -0.25) is 0 Å². The molecule has 2 nitrogen and oxygen atoms in total. The van der Waals surface area contributed by atoms with Crippen molar-refractivity contribution in [3.05, 3.63) is 34.2 Å². The van der Waals surface area contributed by atoms with Gasteiger partial charge in [0.2, 0.25) is 0 Å². The van der Waals surface area contributed by atoms with E-state index in [1.54, 1.807) is 0 Å². The van der Waals surface area contributed by atoms with Gasteiger partial charge < -0.3 is 5.11 Å². The number of benzene rings is 1. The van der Waals surface area contributed by atoms with Gasteiger partial charge in [-0.15, -0.1) is 11.3 Å². The van der Waals surface area contributed by atoms with Crippen molar-refractivity contribution in [1.82, 2.24) is 0 Å². The van der Waals surface area contributed by atoms with Gasteiger partial charge in [-0.25, -0.2) is 4.79 Å². The molecule has 0 fully saturated rings. The van der Waals surface area contributed by atoms with Crippen molar-refractivity contribution >= 4 is 27.4 Å². The quantitative estimate of drug-likeness (QED) is 0.880. The fourth-order valence-electron chi connectivity index (χ4n) is 2.05. The van der Waals surface area contributed by atoms with Crippen LogP contribution in [0.4, 0.5) is 0 Å². The summed E-state index contributed by atoms with van der Waals surface area (Å²) in [4.78, 5) is 11.7. The lowest BCUT2D eigenvalue weighted by molar-refractivity contribution is 0.0701. The van der Waals surface area contributed by atoms with Gasteiger partial charge in [-0.05, 0) is 41.0 Å². The molecule has 1 aromatic heterocycles. The number of thiophene rings is 1. The number of hydrogen-bond acceptors (Lipinski definition) is 2. The Morgan fingerprint density at radius 3 is 2.65 bits per heavy atom. The van der Waals surface area contributed by atoms with Gasteiger partial charge in [0.05, 0.1) is 0 Å². The molecular weight excluding hydrogens is 232 g/mol. The van der Waals surface area contributed by atoms with Gasteiger partial charge in [-0.1, -0.05) is 26.8 Å². The number of hydrogen-bond donors (Lipinski definition) is 1. The van der Waals surface area contributed by atoms with Crippen molar-refractivity contribution in [2.24, 2.45) is 0 Å². The fourth-order valence-corrected chi connectivity index (χ4v) is 3.16. The average molecular weight is 248 g/mol. The summed E-state index contributed by atoms with van der Waals surface area (Å²) < 4.78 is 1.07. The van der Waals surface area contributed by atoms with Crippen LogP contribution in [0.3, 0.4) is 0 Å². The lowest BCUT2D eigenvalue weighted by Gasteiger charge is -2.05. The average Bonchev–Trinajstić information content (AvgIpc) is 2.66. The summed E-state index contributed by atoms with van der Waals surface area (Å²) in [6.45, 7) is 6.31. The smallest absolute Gasteiger partial charge is 0.346 e. The summed E-state index contributed by atoms with van der Waals surface area (Å²) in [6, 6.07) is 6.28. The minimum Gasteiger partial charge on any atom is -0.477 e. The Balaban J connectivity index is 2.71. The predicted molar refractivity (Wildman–Crippen MR) is 72.3 cm³/mol. The Morgan fingerprint density at radius 2 is 2.12 bits per heavy atom. The van der Waals surface area contributed by atoms with Gasteiger partial charge >= 0.3 is 5.97 Å². The topological polar surface area (TPSA) is 37.3 Å². The maximum absolute atomic E-state index is 11.2. The molecule has 0 saturated carbocycles. The number of carboxylic acids is 1. The normalized spacial score (nSPS) is 11.3. The summed E-state index contributed by atoms with van der Waals surface area (Å²) in [5.74, 6) is -0.341. The molecule has 17 heavy (non-hydrogen) atoms. The Hall–Kier alpha value is -1.35. The maximum Gasteiger partial charge on any atom is 0.346 e. The van der Waals surface area contributed by atoms with Crippen LogP contribution < -0.4 is 0 Å². The van der Waals surface area contributed by atoms with E-state index in [4.69, 9.17) is 0 Å². The van der Waals surface area contributed by atoms with Crippen LogP contribution in [0, 0.1) is 0 Å². The number of carbonyl (C=O) groups is 1. The summed E-state index contributed by atoms with van der Waals surface area (Å²) in [5, 5.41) is 10.3. The molecule has 1 N–H and O–H groups in total. The van der Waals surface area contributed by atoms with Crippen LogP contribution in [0.25, 0.3) is 10.1 Å². The lowest BCUT2D eigenvalue weighted by atomic mass is 9.99. The third-order valence-electron chi connectivity index (χ3n) is 3.03. The molecule has 2 aromatic rings. The van der Waals surface area contributed by atoms with E-state index >= 15 is 0 Å². The summed E-state index contributed by atoms with van der Waals surface area (Å²) in [7, 11) is 0. The van der Waals surface area contributed by atoms with Crippen molar-refractivity contribution in [2.45, 2.75) is 33.1 Å². The fraction of sp³-hybridized carbons (Fsp3) is 0.357. The highest BCUT2D eigenvalue weighted by Gasteiger charge is 2.16. The highest BCUT2D eigenvalue weighted by molar-refractivity contribution is 7.21. The summed E-state index contributed by atoms with van der Waals surface area (Å²) in [5.41, 5.74) is 2.24. The van der Waals surface area contributed by atoms with Crippen LogP contribution >= 0.6 is 11.3 Å². The van der Waals surface area contributed by atoms with Gasteiger partial charge in [-0.2, -0.15) is 0 Å². The monoisotopic (exact) mass is 248 g/mol. The lowest BCUT2D eigenvalue weighted by Crippen LogP contribution is -1.96. The Labute approximate surface area is 105 Å². The van der Waals surface area contributed by atoms with Crippen LogP contribution in [-0.4, -0.2) is 11.1 Å². The molecule has 0 amide bonds. The zero-order chi connectivity index (χ0) is 12.6. The number of carboxylic acid groups (broad SMARTS) is 1. The third-order valence-corrected chi connectivity index (χ3v) is 4.23. The van der Waals surface area contributed by atoms with Crippen LogP contribution in [0.5, 0.6) is 0 Å². The standard InChI is InChI=1S/C14H16O2S/c1-4-10-11-7-9(8(2)3)5-6-12(11)17-13(10)14(15)16/h5-8H,4H2,1-3H3,(H,15,16). The molecule has 0 aliphatic carbocycles. The van der Waals surface area contributed by atoms with Gasteiger partial charge in [0.1, 0.15) is 4.88 Å². The highest BCUT2D eigenvalue weighted by atomic mass is 32.1. The van der Waals surface area contributed by atoms with Crippen molar-refractivity contribution in [1.29, 1.82) is 0 Å². The van der Waals surface area contributed by atoms with Crippen molar-refractivity contribution in [2.75, 3.05) is 0 Å². The number of rotatable bonds is 3. The van der Waals surface area contributed by atoms with Crippen molar-refractivity contribution in [3.63, 3.8) is 0 Å². The molecular formula is C14H16O2S. The van der Waals surface area contributed by atoms with E-state index in [9.17, 15) is 9.90 Å². The Kier molecular flexibility index (Phi) is 3.20. The molecule has 1 aromatic carbocycles. The van der Waals surface area contributed by atoms with Crippen LogP contribution in [-0.2, 0) is 6.42 Å². The van der Waals surface area contributed by atoms with E-state index < -0.39 is 5.97 Å². The van der Waals surface area contributed by atoms with E-state index in [1.165, 1.54) is 16.9 Å². The molecule has 90 valence electrons.